The van der Waals surface area contributed by atoms with Gasteiger partial charge >= 0.3 is 0 Å². The Morgan fingerprint density at radius 2 is 0.781 bits per heavy atom. The number of hydrogen-bond acceptors (Lipinski definition) is 1. The van der Waals surface area contributed by atoms with E-state index in [0.29, 0.717) is 22.3 Å². The molecule has 0 radical (unpaired) electrons. The summed E-state index contributed by atoms with van der Waals surface area (Å²) >= 11 is 7.52. The minimum Gasteiger partial charge on any atom is -0.295 e. The molecule has 0 aliphatic rings. The zero-order valence-electron chi connectivity index (χ0n) is 16.8. The summed E-state index contributed by atoms with van der Waals surface area (Å²) in [7, 11) is 0. The van der Waals surface area contributed by atoms with Crippen LogP contribution in [0.5, 0.6) is 0 Å². The SMILES string of the molecule is O=C(C(Br)(c1ccccc1)c1ccc(F)cc1)C(Br)(c1ccccc1)c1ccc(F)cc1. The number of benzene rings is 4. The molecule has 160 valence electrons. The van der Waals surface area contributed by atoms with Gasteiger partial charge in [0, 0.05) is 0 Å². The predicted octanol–water partition coefficient (Wildman–Crippen LogP) is 7.51. The molecule has 4 aromatic carbocycles. The zero-order valence-corrected chi connectivity index (χ0v) is 20.0. The van der Waals surface area contributed by atoms with Crippen LogP contribution in [0.1, 0.15) is 22.3 Å². The van der Waals surface area contributed by atoms with Crippen LogP contribution in [0.25, 0.3) is 0 Å². The Bertz CT molecular complexity index is 1120. The van der Waals surface area contributed by atoms with Gasteiger partial charge in [0.25, 0.3) is 0 Å². The number of ketones is 1. The average molecular weight is 556 g/mol. The van der Waals surface area contributed by atoms with Crippen molar-refractivity contribution in [3.05, 3.63) is 143 Å². The second-order valence-corrected chi connectivity index (χ2v) is 9.77. The van der Waals surface area contributed by atoms with E-state index < -0.39 is 20.3 Å². The molecule has 1 nitrogen and oxygen atoms in total. The minimum atomic E-state index is -1.31. The summed E-state index contributed by atoms with van der Waals surface area (Å²) in [5, 5.41) is 0. The molecule has 0 amide bonds. The Morgan fingerprint density at radius 1 is 0.500 bits per heavy atom. The molecule has 32 heavy (non-hydrogen) atoms. The van der Waals surface area contributed by atoms with Crippen molar-refractivity contribution in [1.82, 2.24) is 0 Å². The van der Waals surface area contributed by atoms with Crippen LogP contribution in [0.15, 0.2) is 109 Å². The monoisotopic (exact) mass is 554 g/mol. The Morgan fingerprint density at radius 3 is 1.09 bits per heavy atom. The topological polar surface area (TPSA) is 17.1 Å². The van der Waals surface area contributed by atoms with Crippen LogP contribution in [0.2, 0.25) is 0 Å². The summed E-state index contributed by atoms with van der Waals surface area (Å²) in [6.45, 7) is 0. The highest BCUT2D eigenvalue weighted by Gasteiger charge is 2.51. The van der Waals surface area contributed by atoms with Gasteiger partial charge in [-0.1, -0.05) is 117 Å². The molecule has 4 rings (SSSR count). The summed E-state index contributed by atoms with van der Waals surface area (Å²) in [4.78, 5) is 14.6. The Kier molecular flexibility index (Phi) is 6.40. The van der Waals surface area contributed by atoms with Gasteiger partial charge < -0.3 is 0 Å². The zero-order chi connectivity index (χ0) is 22.8. The predicted molar refractivity (Wildman–Crippen MR) is 130 cm³/mol. The highest BCUT2D eigenvalue weighted by molar-refractivity contribution is 9.11. The first-order valence-corrected chi connectivity index (χ1v) is 11.5. The van der Waals surface area contributed by atoms with Crippen molar-refractivity contribution in [2.75, 3.05) is 0 Å². The molecule has 0 fully saturated rings. The Labute approximate surface area is 202 Å². The van der Waals surface area contributed by atoms with E-state index in [4.69, 9.17) is 0 Å². The van der Waals surface area contributed by atoms with Crippen molar-refractivity contribution >= 4 is 37.6 Å². The van der Waals surface area contributed by atoms with Gasteiger partial charge in [0.15, 0.2) is 5.78 Å². The lowest BCUT2D eigenvalue weighted by Gasteiger charge is -2.37. The fraction of sp³-hybridized carbons (Fsp3) is 0.0741. The molecule has 2 unspecified atom stereocenters. The van der Waals surface area contributed by atoms with Crippen molar-refractivity contribution in [1.29, 1.82) is 0 Å². The standard InChI is InChI=1S/C27H18Br2F2O/c28-26(19-7-3-1-4-8-19,21-11-15-23(30)16-12-21)25(32)27(29,20-9-5-2-6-10-20)22-13-17-24(31)18-14-22/h1-18H. The third-order valence-electron chi connectivity index (χ3n) is 5.45. The fourth-order valence-corrected chi connectivity index (χ4v) is 5.71. The van der Waals surface area contributed by atoms with E-state index in [2.05, 4.69) is 31.9 Å². The molecule has 0 bridgehead atoms. The molecule has 2 atom stereocenters. The van der Waals surface area contributed by atoms with Gasteiger partial charge in [-0.15, -0.1) is 0 Å². The molecular weight excluding hydrogens is 538 g/mol. The summed E-state index contributed by atoms with van der Waals surface area (Å²) in [5.41, 5.74) is 2.55. The summed E-state index contributed by atoms with van der Waals surface area (Å²) in [6.07, 6.45) is 0. The van der Waals surface area contributed by atoms with Crippen molar-refractivity contribution < 1.29 is 13.6 Å². The first-order valence-electron chi connectivity index (χ1n) is 9.92. The summed E-state index contributed by atoms with van der Waals surface area (Å²) < 4.78 is 24.9. The molecule has 0 aromatic heterocycles. The van der Waals surface area contributed by atoms with E-state index in [1.807, 2.05) is 60.7 Å². The number of hydrogen-bond donors (Lipinski definition) is 0. The maximum absolute atomic E-state index is 14.6. The van der Waals surface area contributed by atoms with Crippen molar-refractivity contribution in [2.45, 2.75) is 8.65 Å². The van der Waals surface area contributed by atoms with E-state index in [1.165, 1.54) is 24.3 Å². The van der Waals surface area contributed by atoms with Crippen LogP contribution in [-0.4, -0.2) is 5.78 Å². The first-order chi connectivity index (χ1) is 15.4. The highest BCUT2D eigenvalue weighted by Crippen LogP contribution is 2.50. The molecule has 0 aliphatic carbocycles. The highest BCUT2D eigenvalue weighted by atomic mass is 79.9. The van der Waals surface area contributed by atoms with E-state index in [-0.39, 0.29) is 5.78 Å². The van der Waals surface area contributed by atoms with Crippen LogP contribution in [0.4, 0.5) is 8.78 Å². The van der Waals surface area contributed by atoms with E-state index in [1.54, 1.807) is 24.3 Å². The molecule has 5 heteroatoms. The molecular formula is C27H18Br2F2O. The number of carbonyl (C=O) groups excluding carboxylic acids is 1. The van der Waals surface area contributed by atoms with Crippen LogP contribution in [0.3, 0.4) is 0 Å². The molecule has 0 heterocycles. The molecule has 0 saturated heterocycles. The van der Waals surface area contributed by atoms with Gasteiger partial charge in [0.05, 0.1) is 0 Å². The summed E-state index contributed by atoms with van der Waals surface area (Å²) in [5.74, 6) is -1.03. The molecule has 4 aromatic rings. The largest absolute Gasteiger partial charge is 0.295 e. The lowest BCUT2D eigenvalue weighted by atomic mass is 9.76. The maximum Gasteiger partial charge on any atom is 0.184 e. The Balaban J connectivity index is 1.99. The molecule has 0 N–H and O–H groups in total. The normalized spacial score (nSPS) is 14.9. The number of alkyl halides is 2. The van der Waals surface area contributed by atoms with Gasteiger partial charge in [-0.2, -0.15) is 0 Å². The van der Waals surface area contributed by atoms with Crippen LogP contribution >= 0.6 is 31.9 Å². The van der Waals surface area contributed by atoms with Gasteiger partial charge in [0.2, 0.25) is 0 Å². The maximum atomic E-state index is 14.6. The second kappa shape index (κ2) is 9.08. The quantitative estimate of drug-likeness (QED) is 0.225. The number of halogens is 4. The van der Waals surface area contributed by atoms with Crippen LogP contribution in [-0.2, 0) is 13.4 Å². The first kappa shape index (κ1) is 22.6. The average Bonchev–Trinajstić information content (AvgIpc) is 2.84. The van der Waals surface area contributed by atoms with Crippen molar-refractivity contribution in [2.24, 2.45) is 0 Å². The van der Waals surface area contributed by atoms with Gasteiger partial charge in [-0.25, -0.2) is 8.78 Å². The van der Waals surface area contributed by atoms with Crippen molar-refractivity contribution in [3.63, 3.8) is 0 Å². The smallest absolute Gasteiger partial charge is 0.184 e. The van der Waals surface area contributed by atoms with Crippen LogP contribution in [0, 0.1) is 11.6 Å². The second-order valence-electron chi connectivity index (χ2n) is 7.39. The van der Waals surface area contributed by atoms with Gasteiger partial charge in [-0.05, 0) is 46.5 Å². The molecule has 0 aliphatic heterocycles. The number of carbonyl (C=O) groups is 1. The van der Waals surface area contributed by atoms with Gasteiger partial charge in [0.1, 0.15) is 20.3 Å². The lowest BCUT2D eigenvalue weighted by molar-refractivity contribution is -0.121. The van der Waals surface area contributed by atoms with E-state index >= 15 is 0 Å². The van der Waals surface area contributed by atoms with E-state index in [0.717, 1.165) is 0 Å². The lowest BCUT2D eigenvalue weighted by Crippen LogP contribution is -2.44. The molecule has 0 spiro atoms. The van der Waals surface area contributed by atoms with Crippen molar-refractivity contribution in [3.8, 4) is 0 Å². The Hall–Kier alpha value is -2.63. The minimum absolute atomic E-state index is 0.249. The van der Waals surface area contributed by atoms with Gasteiger partial charge in [-0.3, -0.25) is 4.79 Å². The third kappa shape index (κ3) is 3.96. The molecule has 0 saturated carbocycles. The number of Topliss-reactive ketones (excluding diaryl/α,β-unsaturated/α-hetero) is 1. The third-order valence-corrected chi connectivity index (χ3v) is 8.00. The van der Waals surface area contributed by atoms with Crippen LogP contribution < -0.4 is 0 Å². The summed E-state index contributed by atoms with van der Waals surface area (Å²) in [6, 6.07) is 30.2. The fourth-order valence-electron chi connectivity index (χ4n) is 3.79. The number of rotatable bonds is 6. The van der Waals surface area contributed by atoms with E-state index in [9.17, 15) is 13.6 Å².